The molecule has 0 saturated carbocycles. The molecule has 0 bridgehead atoms. The van der Waals surface area contributed by atoms with Crippen LogP contribution in [-0.2, 0) is 4.79 Å². The molecule has 0 spiro atoms. The molecule has 0 radical (unpaired) electrons. The van der Waals surface area contributed by atoms with Gasteiger partial charge in [0.15, 0.2) is 0 Å². The Morgan fingerprint density at radius 3 is 2.82 bits per heavy atom. The van der Waals surface area contributed by atoms with Crippen LogP contribution in [0.5, 0.6) is 0 Å². The van der Waals surface area contributed by atoms with E-state index in [9.17, 15) is 9.90 Å². The lowest BCUT2D eigenvalue weighted by Gasteiger charge is -2.30. The number of carboxylic acids is 1. The van der Waals surface area contributed by atoms with Gasteiger partial charge in [-0.3, -0.25) is 14.6 Å². The summed E-state index contributed by atoms with van der Waals surface area (Å²) in [6.07, 6.45) is 5.37. The maximum Gasteiger partial charge on any atom is 0.320 e. The van der Waals surface area contributed by atoms with Crippen LogP contribution in [0.4, 0.5) is 0 Å². The highest BCUT2D eigenvalue weighted by molar-refractivity contribution is 5.73. The second-order valence-corrected chi connectivity index (χ2v) is 5.32. The molecule has 2 heterocycles. The van der Waals surface area contributed by atoms with Gasteiger partial charge in [0.1, 0.15) is 6.04 Å². The first-order valence-corrected chi connectivity index (χ1v) is 6.93. The van der Waals surface area contributed by atoms with Crippen molar-refractivity contribution in [2.24, 2.45) is 0 Å². The van der Waals surface area contributed by atoms with E-state index in [-0.39, 0.29) is 6.04 Å². The summed E-state index contributed by atoms with van der Waals surface area (Å²) in [6.45, 7) is 6.33. The zero-order valence-corrected chi connectivity index (χ0v) is 10.8. The van der Waals surface area contributed by atoms with Crippen molar-refractivity contribution in [2.75, 3.05) is 26.2 Å². The third-order valence-corrected chi connectivity index (χ3v) is 4.12. The van der Waals surface area contributed by atoms with Crippen molar-refractivity contribution in [3.63, 3.8) is 0 Å². The molecule has 17 heavy (non-hydrogen) atoms. The second-order valence-electron chi connectivity index (χ2n) is 5.32. The highest BCUT2D eigenvalue weighted by Crippen LogP contribution is 2.23. The second kappa shape index (κ2) is 5.83. The van der Waals surface area contributed by atoms with Gasteiger partial charge in [0.25, 0.3) is 0 Å². The van der Waals surface area contributed by atoms with Crippen molar-refractivity contribution in [3.05, 3.63) is 0 Å². The zero-order valence-electron chi connectivity index (χ0n) is 10.8. The predicted octanol–water partition coefficient (Wildman–Crippen LogP) is 1.41. The SMILES string of the molecule is CCCC(C(=O)O)N1CCCN2CCCC2C1. The van der Waals surface area contributed by atoms with Crippen LogP contribution in [-0.4, -0.2) is 59.1 Å². The van der Waals surface area contributed by atoms with Gasteiger partial charge in [-0.2, -0.15) is 0 Å². The average Bonchev–Trinajstić information content (AvgIpc) is 2.63. The number of carbonyl (C=O) groups is 1. The molecule has 2 fully saturated rings. The number of carboxylic acid groups (broad SMARTS) is 1. The molecule has 0 aromatic heterocycles. The normalized spacial score (nSPS) is 28.6. The van der Waals surface area contributed by atoms with Gasteiger partial charge in [0.2, 0.25) is 0 Å². The third kappa shape index (κ3) is 2.99. The average molecular weight is 240 g/mol. The fourth-order valence-corrected chi connectivity index (χ4v) is 3.25. The Bertz CT molecular complexity index is 270. The number of rotatable bonds is 4. The van der Waals surface area contributed by atoms with Crippen LogP contribution in [0.25, 0.3) is 0 Å². The monoisotopic (exact) mass is 240 g/mol. The Kier molecular flexibility index (Phi) is 4.40. The number of nitrogens with zero attached hydrogens (tertiary/aromatic N) is 2. The molecular formula is C13H24N2O2. The van der Waals surface area contributed by atoms with E-state index in [1.165, 1.54) is 19.4 Å². The topological polar surface area (TPSA) is 43.8 Å². The molecule has 0 aromatic carbocycles. The molecule has 0 aromatic rings. The van der Waals surface area contributed by atoms with Gasteiger partial charge >= 0.3 is 5.97 Å². The quantitative estimate of drug-likeness (QED) is 0.807. The van der Waals surface area contributed by atoms with E-state index in [1.54, 1.807) is 0 Å². The van der Waals surface area contributed by atoms with Crippen molar-refractivity contribution in [1.29, 1.82) is 0 Å². The van der Waals surface area contributed by atoms with Crippen LogP contribution in [0.1, 0.15) is 39.0 Å². The van der Waals surface area contributed by atoms with E-state index in [0.717, 1.165) is 38.9 Å². The van der Waals surface area contributed by atoms with Gasteiger partial charge in [-0.1, -0.05) is 13.3 Å². The number of hydrogen-bond acceptors (Lipinski definition) is 3. The highest BCUT2D eigenvalue weighted by Gasteiger charge is 2.33. The summed E-state index contributed by atoms with van der Waals surface area (Å²) in [5.41, 5.74) is 0. The first-order valence-electron chi connectivity index (χ1n) is 6.93. The molecule has 2 rings (SSSR count). The summed E-state index contributed by atoms with van der Waals surface area (Å²) in [4.78, 5) is 16.1. The molecule has 2 aliphatic rings. The molecule has 1 N–H and O–H groups in total. The zero-order chi connectivity index (χ0) is 12.3. The Balaban J connectivity index is 2.00. The molecule has 0 amide bonds. The lowest BCUT2D eigenvalue weighted by atomic mass is 10.1. The van der Waals surface area contributed by atoms with E-state index in [1.807, 2.05) is 0 Å². The molecule has 2 saturated heterocycles. The summed E-state index contributed by atoms with van der Waals surface area (Å²) in [7, 11) is 0. The Morgan fingerprint density at radius 1 is 1.35 bits per heavy atom. The van der Waals surface area contributed by atoms with Crippen LogP contribution >= 0.6 is 0 Å². The largest absolute Gasteiger partial charge is 0.480 e. The predicted molar refractivity (Wildman–Crippen MR) is 67.1 cm³/mol. The summed E-state index contributed by atoms with van der Waals surface area (Å²) in [6, 6.07) is 0.344. The Morgan fingerprint density at radius 2 is 2.12 bits per heavy atom. The van der Waals surface area contributed by atoms with Crippen molar-refractivity contribution < 1.29 is 9.90 Å². The van der Waals surface area contributed by atoms with Crippen molar-refractivity contribution in [2.45, 2.75) is 51.1 Å². The molecule has 2 atom stereocenters. The molecule has 2 unspecified atom stereocenters. The standard InChI is InChI=1S/C13H24N2O2/c1-2-5-12(13(16)17)15-9-4-8-14-7-3-6-11(14)10-15/h11-12H,2-10H2,1H3,(H,16,17). The highest BCUT2D eigenvalue weighted by atomic mass is 16.4. The van der Waals surface area contributed by atoms with Gasteiger partial charge in [-0.15, -0.1) is 0 Å². The van der Waals surface area contributed by atoms with Gasteiger partial charge in [0, 0.05) is 19.1 Å². The van der Waals surface area contributed by atoms with Crippen LogP contribution in [0.2, 0.25) is 0 Å². The van der Waals surface area contributed by atoms with E-state index in [4.69, 9.17) is 0 Å². The molecule has 0 aliphatic carbocycles. The summed E-state index contributed by atoms with van der Waals surface area (Å²) >= 11 is 0. The first kappa shape index (κ1) is 12.8. The lowest BCUT2D eigenvalue weighted by molar-refractivity contribution is -0.143. The van der Waals surface area contributed by atoms with E-state index in [2.05, 4.69) is 16.7 Å². The van der Waals surface area contributed by atoms with E-state index in [0.29, 0.717) is 6.04 Å². The lowest BCUT2D eigenvalue weighted by Crippen LogP contribution is -2.45. The fourth-order valence-electron chi connectivity index (χ4n) is 3.25. The maximum absolute atomic E-state index is 11.3. The molecule has 4 nitrogen and oxygen atoms in total. The summed E-state index contributed by atoms with van der Waals surface area (Å²) in [5, 5.41) is 9.33. The first-order chi connectivity index (χ1) is 8.22. The maximum atomic E-state index is 11.3. The van der Waals surface area contributed by atoms with Crippen molar-refractivity contribution in [3.8, 4) is 0 Å². The minimum Gasteiger partial charge on any atom is -0.480 e. The molecule has 98 valence electrons. The number of aliphatic carboxylic acids is 1. The smallest absolute Gasteiger partial charge is 0.320 e. The van der Waals surface area contributed by atoms with Gasteiger partial charge in [0.05, 0.1) is 0 Å². The molecule has 2 aliphatic heterocycles. The number of fused-ring (bicyclic) bond motifs is 1. The van der Waals surface area contributed by atoms with Crippen molar-refractivity contribution >= 4 is 5.97 Å². The molecule has 4 heteroatoms. The minimum absolute atomic E-state index is 0.263. The third-order valence-electron chi connectivity index (χ3n) is 4.12. The summed E-state index contributed by atoms with van der Waals surface area (Å²) < 4.78 is 0. The van der Waals surface area contributed by atoms with Gasteiger partial charge in [-0.05, 0) is 38.8 Å². The molecular weight excluding hydrogens is 216 g/mol. The fraction of sp³-hybridized carbons (Fsp3) is 0.923. The van der Waals surface area contributed by atoms with Crippen LogP contribution in [0.3, 0.4) is 0 Å². The summed E-state index contributed by atoms with van der Waals surface area (Å²) in [5.74, 6) is -0.640. The minimum atomic E-state index is -0.640. The van der Waals surface area contributed by atoms with Crippen molar-refractivity contribution in [1.82, 2.24) is 9.80 Å². The number of hydrogen-bond donors (Lipinski definition) is 1. The van der Waals surface area contributed by atoms with E-state index >= 15 is 0 Å². The Hall–Kier alpha value is -0.610. The van der Waals surface area contributed by atoms with Gasteiger partial charge < -0.3 is 5.11 Å². The van der Waals surface area contributed by atoms with Crippen LogP contribution in [0, 0.1) is 0 Å². The van der Waals surface area contributed by atoms with Gasteiger partial charge in [-0.25, -0.2) is 0 Å². The Labute approximate surface area is 104 Å². The van der Waals surface area contributed by atoms with Crippen LogP contribution < -0.4 is 0 Å². The van der Waals surface area contributed by atoms with E-state index < -0.39 is 5.97 Å². The van der Waals surface area contributed by atoms with Crippen LogP contribution in [0.15, 0.2) is 0 Å².